The highest BCUT2D eigenvalue weighted by Gasteiger charge is 2.36. The van der Waals surface area contributed by atoms with Crippen molar-refractivity contribution in [1.82, 2.24) is 4.90 Å². The van der Waals surface area contributed by atoms with Gasteiger partial charge in [0.25, 0.3) is 0 Å². The number of nitrogens with zero attached hydrogens (tertiary/aromatic N) is 2. The van der Waals surface area contributed by atoms with Gasteiger partial charge in [-0.15, -0.1) is 0 Å². The van der Waals surface area contributed by atoms with E-state index in [2.05, 4.69) is 4.90 Å². The largest absolute Gasteiger partial charge is 0.417 e. The van der Waals surface area contributed by atoms with Gasteiger partial charge in [-0.1, -0.05) is 42.5 Å². The van der Waals surface area contributed by atoms with Crippen LogP contribution in [0.3, 0.4) is 0 Å². The summed E-state index contributed by atoms with van der Waals surface area (Å²) in [4.78, 5) is 4.73. The van der Waals surface area contributed by atoms with Gasteiger partial charge in [0, 0.05) is 58.2 Å². The second-order valence-corrected chi connectivity index (χ2v) is 11.5. The summed E-state index contributed by atoms with van der Waals surface area (Å²) in [5, 5.41) is 10.1. The van der Waals surface area contributed by atoms with Gasteiger partial charge in [-0.2, -0.15) is 13.2 Å². The van der Waals surface area contributed by atoms with E-state index in [0.717, 1.165) is 39.0 Å². The summed E-state index contributed by atoms with van der Waals surface area (Å²) in [5.41, 5.74) is 4.43. The van der Waals surface area contributed by atoms with Crippen molar-refractivity contribution in [2.45, 2.75) is 43.4 Å². The van der Waals surface area contributed by atoms with Gasteiger partial charge in [-0.05, 0) is 73.2 Å². The lowest BCUT2D eigenvalue weighted by atomic mass is 9.97. The van der Waals surface area contributed by atoms with E-state index in [1.54, 1.807) is 12.3 Å². The monoisotopic (exact) mass is 552 g/mol. The third kappa shape index (κ3) is 5.82. The molecule has 4 nitrogen and oxygen atoms in total. The molecule has 0 aliphatic carbocycles. The number of aliphatic hydroxyl groups is 1. The van der Waals surface area contributed by atoms with Gasteiger partial charge in [0.2, 0.25) is 0 Å². The predicted molar refractivity (Wildman–Crippen MR) is 150 cm³/mol. The predicted octanol–water partition coefficient (Wildman–Crippen LogP) is 7.05. The second-order valence-electron chi connectivity index (χ2n) is 10.1. The second kappa shape index (κ2) is 11.0. The van der Waals surface area contributed by atoms with Crippen molar-refractivity contribution in [2.75, 3.05) is 24.2 Å². The lowest BCUT2D eigenvalue weighted by molar-refractivity contribution is -0.137. The minimum atomic E-state index is -4.50. The van der Waals surface area contributed by atoms with Gasteiger partial charge in [0.05, 0.1) is 17.4 Å². The Labute approximate surface area is 229 Å². The van der Waals surface area contributed by atoms with Crippen LogP contribution < -0.4 is 4.90 Å². The van der Waals surface area contributed by atoms with Gasteiger partial charge in [-0.25, -0.2) is 0 Å². The number of allylic oxidation sites excluding steroid dienone is 2. The Balaban J connectivity index is 1.62. The SMILES string of the molecule is CC1=C(c2ccccc2C(F)(F)F)N(c2ccc(-c3cccc(S(C)=O)c3)cc2)C=C(N2CCC(O)C2)CC1. The molecule has 0 saturated carbocycles. The maximum Gasteiger partial charge on any atom is 0.417 e. The van der Waals surface area contributed by atoms with Gasteiger partial charge < -0.3 is 14.9 Å². The third-order valence-electron chi connectivity index (χ3n) is 7.38. The van der Waals surface area contributed by atoms with E-state index < -0.39 is 28.6 Å². The van der Waals surface area contributed by atoms with E-state index in [1.807, 2.05) is 66.6 Å². The summed E-state index contributed by atoms with van der Waals surface area (Å²) >= 11 is 0. The lowest BCUT2D eigenvalue weighted by Gasteiger charge is -2.29. The van der Waals surface area contributed by atoms with Crippen LogP contribution >= 0.6 is 0 Å². The molecular weight excluding hydrogens is 521 g/mol. The highest BCUT2D eigenvalue weighted by molar-refractivity contribution is 7.84. The van der Waals surface area contributed by atoms with Gasteiger partial charge >= 0.3 is 6.18 Å². The van der Waals surface area contributed by atoms with Crippen LogP contribution in [0.5, 0.6) is 0 Å². The maximum absolute atomic E-state index is 14.1. The number of β-amino-alcohol motifs (C(OH)–C–C–N with tert-alkyl or cyclic N) is 1. The van der Waals surface area contributed by atoms with E-state index in [1.165, 1.54) is 12.1 Å². The van der Waals surface area contributed by atoms with E-state index in [4.69, 9.17) is 0 Å². The first-order valence-electron chi connectivity index (χ1n) is 12.9. The minimum absolute atomic E-state index is 0.142. The molecule has 2 unspecified atom stereocenters. The van der Waals surface area contributed by atoms with Crippen molar-refractivity contribution in [3.05, 3.63) is 101 Å². The Hall–Kier alpha value is -3.36. The molecule has 2 aliphatic heterocycles. The fourth-order valence-corrected chi connectivity index (χ4v) is 5.89. The maximum atomic E-state index is 14.1. The first-order chi connectivity index (χ1) is 18.6. The standard InChI is InChI=1S/C31H31F3N2O2S/c1-21-10-13-25(35-17-16-26(37)20-35)19-36(30(21)28-8-3-4-9-29(28)31(32,33)34)24-14-11-22(12-15-24)23-6-5-7-27(18-23)39(2)38/h3-9,11-12,14-15,18-19,26,37H,10,13,16-17,20H2,1-2H3. The number of benzene rings is 3. The minimum Gasteiger partial charge on any atom is -0.391 e. The number of anilines is 1. The van der Waals surface area contributed by atoms with E-state index in [-0.39, 0.29) is 5.56 Å². The molecular formula is C31H31F3N2O2S. The third-order valence-corrected chi connectivity index (χ3v) is 8.30. The molecule has 204 valence electrons. The molecule has 3 aromatic carbocycles. The fraction of sp³-hybridized carbons (Fsp3) is 0.290. The number of aliphatic hydroxyl groups excluding tert-OH is 1. The molecule has 2 heterocycles. The number of alkyl halides is 3. The lowest BCUT2D eigenvalue weighted by Crippen LogP contribution is -2.24. The van der Waals surface area contributed by atoms with Crippen molar-refractivity contribution >= 4 is 22.2 Å². The number of halogens is 3. The molecule has 0 bridgehead atoms. The normalized spacial score (nSPS) is 19.2. The Morgan fingerprint density at radius 1 is 0.949 bits per heavy atom. The Kier molecular flexibility index (Phi) is 7.69. The zero-order valence-corrected chi connectivity index (χ0v) is 22.7. The van der Waals surface area contributed by atoms with Crippen LogP contribution in [0.15, 0.2) is 95.2 Å². The molecule has 39 heavy (non-hydrogen) atoms. The molecule has 0 aromatic heterocycles. The number of hydrogen-bond acceptors (Lipinski definition) is 4. The topological polar surface area (TPSA) is 43.8 Å². The average Bonchev–Trinajstić information content (AvgIpc) is 3.28. The number of hydrogen-bond donors (Lipinski definition) is 1. The van der Waals surface area contributed by atoms with E-state index in [9.17, 15) is 22.5 Å². The Morgan fingerprint density at radius 2 is 1.69 bits per heavy atom. The molecule has 5 rings (SSSR count). The van der Waals surface area contributed by atoms with Crippen molar-refractivity contribution in [1.29, 1.82) is 0 Å². The van der Waals surface area contributed by atoms with Gasteiger partial charge in [-0.3, -0.25) is 4.21 Å². The van der Waals surface area contributed by atoms with Gasteiger partial charge in [0.15, 0.2) is 0 Å². The summed E-state index contributed by atoms with van der Waals surface area (Å²) in [6.07, 6.45) is 0.619. The van der Waals surface area contributed by atoms with Crippen LogP contribution in [0.1, 0.15) is 37.3 Å². The van der Waals surface area contributed by atoms with Crippen LogP contribution in [-0.4, -0.2) is 39.7 Å². The summed E-state index contributed by atoms with van der Waals surface area (Å²) in [7, 11) is -1.11. The van der Waals surface area contributed by atoms with Gasteiger partial charge in [0.1, 0.15) is 0 Å². The molecule has 1 saturated heterocycles. The van der Waals surface area contributed by atoms with Crippen LogP contribution in [0, 0.1) is 0 Å². The van der Waals surface area contributed by atoms with E-state index in [0.29, 0.717) is 38.0 Å². The van der Waals surface area contributed by atoms with Crippen molar-refractivity contribution in [3.63, 3.8) is 0 Å². The van der Waals surface area contributed by atoms with Crippen molar-refractivity contribution < 1.29 is 22.5 Å². The quantitative estimate of drug-likeness (QED) is 0.369. The van der Waals surface area contributed by atoms with Crippen LogP contribution in [0.4, 0.5) is 18.9 Å². The molecule has 0 spiro atoms. The molecule has 0 radical (unpaired) electrons. The summed E-state index contributed by atoms with van der Waals surface area (Å²) in [5.74, 6) is 0. The Morgan fingerprint density at radius 3 is 2.36 bits per heavy atom. The Bertz CT molecular complexity index is 1450. The first kappa shape index (κ1) is 27.2. The number of likely N-dealkylation sites (tertiary alicyclic amines) is 1. The molecule has 3 aromatic rings. The summed E-state index contributed by atoms with van der Waals surface area (Å²) in [6, 6.07) is 21.0. The van der Waals surface area contributed by atoms with Crippen LogP contribution in [0.25, 0.3) is 16.8 Å². The molecule has 0 amide bonds. The molecule has 8 heteroatoms. The highest BCUT2D eigenvalue weighted by atomic mass is 32.2. The van der Waals surface area contributed by atoms with E-state index >= 15 is 0 Å². The smallest absolute Gasteiger partial charge is 0.391 e. The molecule has 2 atom stereocenters. The van der Waals surface area contributed by atoms with Crippen molar-refractivity contribution in [2.24, 2.45) is 0 Å². The first-order valence-corrected chi connectivity index (χ1v) is 14.5. The van der Waals surface area contributed by atoms with Crippen molar-refractivity contribution in [3.8, 4) is 11.1 Å². The highest BCUT2D eigenvalue weighted by Crippen LogP contribution is 2.42. The van der Waals surface area contributed by atoms with Crippen LogP contribution in [0.2, 0.25) is 0 Å². The zero-order valence-electron chi connectivity index (χ0n) is 21.9. The fourth-order valence-electron chi connectivity index (χ4n) is 5.33. The average molecular weight is 553 g/mol. The van der Waals surface area contributed by atoms with Crippen LogP contribution in [-0.2, 0) is 17.0 Å². The number of rotatable bonds is 5. The summed E-state index contributed by atoms with van der Waals surface area (Å²) in [6.45, 7) is 3.12. The molecule has 1 fully saturated rings. The summed E-state index contributed by atoms with van der Waals surface area (Å²) < 4.78 is 54.4. The zero-order chi connectivity index (χ0) is 27.7. The molecule has 1 N–H and O–H groups in total. The molecule has 2 aliphatic rings.